The molecule has 1 saturated carbocycles. The number of rotatable bonds is 7. The number of allylic oxidation sites excluding steroid dienone is 2. The maximum Gasteiger partial charge on any atom is 0.164 e. The number of aliphatic hydroxyl groups is 1. The van der Waals surface area contributed by atoms with E-state index in [2.05, 4.69) is 13.8 Å². The van der Waals surface area contributed by atoms with Gasteiger partial charge in [0, 0.05) is 12.0 Å². The van der Waals surface area contributed by atoms with Crippen molar-refractivity contribution in [2.24, 2.45) is 17.3 Å². The highest BCUT2D eigenvalue weighted by Crippen LogP contribution is 2.45. The lowest BCUT2D eigenvalue weighted by molar-refractivity contribution is -0.118. The second-order valence-electron chi connectivity index (χ2n) is 6.21. The minimum absolute atomic E-state index is 0.0855. The quantitative estimate of drug-likeness (QED) is 0.528. The number of aliphatic hydroxyl groups excluding tert-OH is 1. The van der Waals surface area contributed by atoms with E-state index in [0.717, 1.165) is 25.7 Å². The summed E-state index contributed by atoms with van der Waals surface area (Å²) in [6.45, 7) is 5.62. The van der Waals surface area contributed by atoms with Gasteiger partial charge in [0.1, 0.15) is 0 Å². The Kier molecular flexibility index (Phi) is 6.70. The molecule has 0 amide bonds. The Morgan fingerprint density at radius 1 is 1.30 bits per heavy atom. The maximum atomic E-state index is 12.7. The summed E-state index contributed by atoms with van der Waals surface area (Å²) in [5.41, 5.74) is 0.422. The number of carbonyl (C=O) groups is 1. The summed E-state index contributed by atoms with van der Waals surface area (Å²) < 4.78 is 12.7. The van der Waals surface area contributed by atoms with Crippen LogP contribution in [0.2, 0.25) is 0 Å². The molecule has 116 valence electrons. The standard InChI is InChI=1S/C17H29FO2/c1-4-13(12-18)15(19)11-16(20)14-7-9-17(5-2,6-3)10-8-14/h11,13-14,20H,4-10,12H2,1-3H3/b16-11-. The van der Waals surface area contributed by atoms with Gasteiger partial charge in [0.15, 0.2) is 5.78 Å². The van der Waals surface area contributed by atoms with Gasteiger partial charge in [-0.3, -0.25) is 9.18 Å². The van der Waals surface area contributed by atoms with Crippen molar-refractivity contribution in [3.8, 4) is 0 Å². The Morgan fingerprint density at radius 2 is 1.85 bits per heavy atom. The van der Waals surface area contributed by atoms with Crippen molar-refractivity contribution < 1.29 is 14.3 Å². The first-order valence-corrected chi connectivity index (χ1v) is 8.02. The summed E-state index contributed by atoms with van der Waals surface area (Å²) in [6, 6.07) is 0. The summed E-state index contributed by atoms with van der Waals surface area (Å²) in [5.74, 6) is -0.605. The van der Waals surface area contributed by atoms with Crippen LogP contribution in [-0.2, 0) is 4.79 Å². The third kappa shape index (κ3) is 4.07. The predicted molar refractivity (Wildman–Crippen MR) is 80.4 cm³/mol. The van der Waals surface area contributed by atoms with E-state index in [1.165, 1.54) is 18.9 Å². The summed E-state index contributed by atoms with van der Waals surface area (Å²) >= 11 is 0. The lowest BCUT2D eigenvalue weighted by atomic mass is 9.67. The third-order valence-electron chi connectivity index (χ3n) is 5.34. The highest BCUT2D eigenvalue weighted by atomic mass is 19.1. The molecule has 0 aromatic rings. The fraction of sp³-hybridized carbons (Fsp3) is 0.824. The van der Waals surface area contributed by atoms with Gasteiger partial charge in [0.05, 0.1) is 18.4 Å². The average Bonchev–Trinajstić information content (AvgIpc) is 2.48. The van der Waals surface area contributed by atoms with Gasteiger partial charge in [0.2, 0.25) is 0 Å². The zero-order chi connectivity index (χ0) is 15.2. The van der Waals surface area contributed by atoms with Gasteiger partial charge in [-0.2, -0.15) is 0 Å². The molecule has 1 N–H and O–H groups in total. The number of ketones is 1. The molecular formula is C17H29FO2. The van der Waals surface area contributed by atoms with Crippen LogP contribution in [0.5, 0.6) is 0 Å². The van der Waals surface area contributed by atoms with Crippen LogP contribution < -0.4 is 0 Å². The third-order valence-corrected chi connectivity index (χ3v) is 5.34. The maximum absolute atomic E-state index is 12.7. The first-order chi connectivity index (χ1) is 9.51. The van der Waals surface area contributed by atoms with Crippen LogP contribution in [0.3, 0.4) is 0 Å². The van der Waals surface area contributed by atoms with Gasteiger partial charge in [-0.1, -0.05) is 33.6 Å². The molecule has 0 aliphatic heterocycles. The monoisotopic (exact) mass is 284 g/mol. The summed E-state index contributed by atoms with van der Waals surface area (Å²) in [6.07, 6.45) is 8.21. The lowest BCUT2D eigenvalue weighted by Crippen LogP contribution is -2.27. The molecule has 20 heavy (non-hydrogen) atoms. The summed E-state index contributed by atoms with van der Waals surface area (Å²) in [7, 11) is 0. The van der Waals surface area contributed by atoms with Crippen molar-refractivity contribution >= 4 is 5.78 Å². The van der Waals surface area contributed by atoms with Gasteiger partial charge < -0.3 is 5.11 Å². The van der Waals surface area contributed by atoms with Crippen LogP contribution in [0.4, 0.5) is 4.39 Å². The van der Waals surface area contributed by atoms with Crippen LogP contribution in [-0.4, -0.2) is 17.6 Å². The molecule has 2 nitrogen and oxygen atoms in total. The summed E-state index contributed by atoms with van der Waals surface area (Å²) in [4.78, 5) is 11.8. The fourth-order valence-electron chi connectivity index (χ4n) is 3.25. The van der Waals surface area contributed by atoms with E-state index < -0.39 is 12.6 Å². The number of halogens is 1. The Morgan fingerprint density at radius 3 is 2.25 bits per heavy atom. The zero-order valence-electron chi connectivity index (χ0n) is 13.1. The molecule has 0 saturated heterocycles. The van der Waals surface area contributed by atoms with Gasteiger partial charge in [0.25, 0.3) is 0 Å². The molecule has 1 rings (SSSR count). The Hall–Kier alpha value is -0.860. The molecule has 0 radical (unpaired) electrons. The predicted octanol–water partition coefficient (Wildman–Crippen LogP) is 4.99. The SMILES string of the molecule is CCC(CF)C(=O)/C=C(\O)C1CCC(CC)(CC)CC1. The van der Waals surface area contributed by atoms with Crippen LogP contribution in [0.15, 0.2) is 11.8 Å². The molecule has 0 aromatic heterocycles. The highest BCUT2D eigenvalue weighted by Gasteiger charge is 2.33. The molecule has 3 heteroatoms. The van der Waals surface area contributed by atoms with Crippen LogP contribution in [0.25, 0.3) is 0 Å². The fourth-order valence-corrected chi connectivity index (χ4v) is 3.25. The van der Waals surface area contributed by atoms with E-state index in [9.17, 15) is 14.3 Å². The minimum Gasteiger partial charge on any atom is -0.512 e. The van der Waals surface area contributed by atoms with E-state index in [4.69, 9.17) is 0 Å². The van der Waals surface area contributed by atoms with E-state index in [-0.39, 0.29) is 17.5 Å². The topological polar surface area (TPSA) is 37.3 Å². The number of hydrogen-bond donors (Lipinski definition) is 1. The molecule has 1 unspecified atom stereocenters. The number of hydrogen-bond acceptors (Lipinski definition) is 2. The van der Waals surface area contributed by atoms with Crippen LogP contribution in [0.1, 0.15) is 65.7 Å². The number of alkyl halides is 1. The average molecular weight is 284 g/mol. The van der Waals surface area contributed by atoms with Crippen molar-refractivity contribution in [1.82, 2.24) is 0 Å². The molecule has 0 aromatic carbocycles. The van der Waals surface area contributed by atoms with Gasteiger partial charge >= 0.3 is 0 Å². The van der Waals surface area contributed by atoms with Gasteiger partial charge in [-0.15, -0.1) is 0 Å². The molecule has 1 atom stereocenters. The summed E-state index contributed by atoms with van der Waals surface area (Å²) in [5, 5.41) is 10.1. The minimum atomic E-state index is -0.640. The van der Waals surface area contributed by atoms with Gasteiger partial charge in [-0.25, -0.2) is 0 Å². The number of carbonyl (C=O) groups excluding carboxylic acids is 1. The zero-order valence-corrected chi connectivity index (χ0v) is 13.1. The van der Waals surface area contributed by atoms with Crippen LogP contribution in [0, 0.1) is 17.3 Å². The van der Waals surface area contributed by atoms with Crippen molar-refractivity contribution in [2.75, 3.05) is 6.67 Å². The second-order valence-corrected chi connectivity index (χ2v) is 6.21. The molecule has 0 spiro atoms. The van der Waals surface area contributed by atoms with E-state index in [1.54, 1.807) is 6.92 Å². The molecule has 0 heterocycles. The molecule has 0 bridgehead atoms. The van der Waals surface area contributed by atoms with Gasteiger partial charge in [-0.05, 0) is 37.5 Å². The Bertz CT molecular complexity index is 331. The van der Waals surface area contributed by atoms with Crippen LogP contribution >= 0.6 is 0 Å². The largest absolute Gasteiger partial charge is 0.512 e. The smallest absolute Gasteiger partial charge is 0.164 e. The Balaban J connectivity index is 2.62. The van der Waals surface area contributed by atoms with Crippen molar-refractivity contribution in [2.45, 2.75) is 65.7 Å². The van der Waals surface area contributed by atoms with Crippen molar-refractivity contribution in [1.29, 1.82) is 0 Å². The first kappa shape index (κ1) is 17.2. The van der Waals surface area contributed by atoms with Crippen molar-refractivity contribution in [3.63, 3.8) is 0 Å². The van der Waals surface area contributed by atoms with E-state index >= 15 is 0 Å². The van der Waals surface area contributed by atoms with E-state index in [1.807, 2.05) is 0 Å². The van der Waals surface area contributed by atoms with Crippen molar-refractivity contribution in [3.05, 3.63) is 11.8 Å². The normalized spacial score (nSPS) is 21.7. The van der Waals surface area contributed by atoms with E-state index in [0.29, 0.717) is 11.8 Å². The second kappa shape index (κ2) is 7.80. The lowest BCUT2D eigenvalue weighted by Gasteiger charge is -2.39. The molecule has 1 fully saturated rings. The first-order valence-electron chi connectivity index (χ1n) is 8.02. The Labute approximate surface area is 122 Å². The molecular weight excluding hydrogens is 255 g/mol. The molecule has 1 aliphatic rings. The highest BCUT2D eigenvalue weighted by molar-refractivity contribution is 5.92. The molecule has 1 aliphatic carbocycles.